The Bertz CT molecular complexity index is 659. The minimum atomic E-state index is -0.280. The molecule has 2 heterocycles. The maximum Gasteiger partial charge on any atom is 0.410 e. The molecule has 1 aliphatic rings. The van der Waals surface area contributed by atoms with E-state index in [4.69, 9.17) is 9.47 Å². The summed E-state index contributed by atoms with van der Waals surface area (Å²) in [6.07, 6.45) is 4.51. The second kappa shape index (κ2) is 8.10. The Labute approximate surface area is 148 Å². The summed E-state index contributed by atoms with van der Waals surface area (Å²) in [5.74, 6) is 0. The van der Waals surface area contributed by atoms with Gasteiger partial charge in [-0.1, -0.05) is 30.3 Å². The first-order chi connectivity index (χ1) is 11.7. The summed E-state index contributed by atoms with van der Waals surface area (Å²) in [7, 11) is 0. The first-order valence-electron chi connectivity index (χ1n) is 7.80. The van der Waals surface area contributed by atoms with Gasteiger partial charge in [-0.05, 0) is 21.5 Å². The van der Waals surface area contributed by atoms with E-state index < -0.39 is 0 Å². The van der Waals surface area contributed by atoms with Gasteiger partial charge in [0.05, 0.1) is 4.47 Å². The molecular weight excluding hydrogens is 374 g/mol. The van der Waals surface area contributed by atoms with Crippen molar-refractivity contribution in [2.24, 2.45) is 0 Å². The van der Waals surface area contributed by atoms with Crippen molar-refractivity contribution in [3.8, 4) is 6.01 Å². The number of likely N-dealkylation sites (tertiary alicyclic amines) is 1. The van der Waals surface area contributed by atoms with Crippen molar-refractivity contribution in [3.05, 3.63) is 52.8 Å². The summed E-state index contributed by atoms with van der Waals surface area (Å²) in [6, 6.07) is 10.0. The fourth-order valence-corrected chi connectivity index (χ4v) is 2.68. The zero-order valence-electron chi connectivity index (χ0n) is 13.1. The average molecular weight is 392 g/mol. The Morgan fingerprint density at radius 2 is 1.83 bits per heavy atom. The number of amides is 1. The summed E-state index contributed by atoms with van der Waals surface area (Å²) >= 11 is 3.29. The molecule has 1 amide bonds. The molecule has 3 rings (SSSR count). The van der Waals surface area contributed by atoms with Crippen LogP contribution in [0.15, 0.2) is 47.2 Å². The summed E-state index contributed by atoms with van der Waals surface area (Å²) in [5.41, 5.74) is 0.983. The van der Waals surface area contributed by atoms with Crippen LogP contribution >= 0.6 is 15.9 Å². The van der Waals surface area contributed by atoms with E-state index in [-0.39, 0.29) is 12.2 Å². The number of hydrogen-bond acceptors (Lipinski definition) is 5. The van der Waals surface area contributed by atoms with Gasteiger partial charge in [-0.2, -0.15) is 0 Å². The first-order valence-corrected chi connectivity index (χ1v) is 8.60. The molecule has 0 saturated carbocycles. The van der Waals surface area contributed by atoms with Crippen LogP contribution in [0.4, 0.5) is 4.79 Å². The van der Waals surface area contributed by atoms with Crippen LogP contribution in [0.1, 0.15) is 18.4 Å². The highest BCUT2D eigenvalue weighted by atomic mass is 79.9. The lowest BCUT2D eigenvalue weighted by Crippen LogP contribution is -2.42. The minimum absolute atomic E-state index is 0.0179. The molecule has 1 fully saturated rings. The van der Waals surface area contributed by atoms with Crippen molar-refractivity contribution in [2.75, 3.05) is 13.1 Å². The van der Waals surface area contributed by atoms with Crippen molar-refractivity contribution >= 4 is 22.0 Å². The maximum atomic E-state index is 12.1. The number of carbonyl (C=O) groups is 1. The van der Waals surface area contributed by atoms with Crippen LogP contribution in [0.3, 0.4) is 0 Å². The normalized spacial score (nSPS) is 15.1. The number of aromatic nitrogens is 2. The van der Waals surface area contributed by atoms with Crippen molar-refractivity contribution in [3.63, 3.8) is 0 Å². The van der Waals surface area contributed by atoms with Crippen LogP contribution in [0.25, 0.3) is 0 Å². The molecule has 2 aromatic rings. The van der Waals surface area contributed by atoms with E-state index in [9.17, 15) is 4.79 Å². The van der Waals surface area contributed by atoms with Gasteiger partial charge in [0, 0.05) is 38.3 Å². The van der Waals surface area contributed by atoms with Gasteiger partial charge in [-0.15, -0.1) is 0 Å². The van der Waals surface area contributed by atoms with Gasteiger partial charge in [-0.3, -0.25) is 0 Å². The van der Waals surface area contributed by atoms with Gasteiger partial charge >= 0.3 is 12.1 Å². The van der Waals surface area contributed by atoms with E-state index in [1.165, 1.54) is 0 Å². The zero-order valence-corrected chi connectivity index (χ0v) is 14.7. The first kappa shape index (κ1) is 16.7. The number of piperidine rings is 1. The molecule has 0 bridgehead atoms. The topological polar surface area (TPSA) is 64.5 Å². The fraction of sp³-hybridized carbons (Fsp3) is 0.353. The van der Waals surface area contributed by atoms with Crippen molar-refractivity contribution in [1.29, 1.82) is 0 Å². The van der Waals surface area contributed by atoms with Crippen molar-refractivity contribution < 1.29 is 14.3 Å². The number of rotatable bonds is 4. The van der Waals surface area contributed by atoms with E-state index in [0.29, 0.717) is 25.7 Å². The Morgan fingerprint density at radius 1 is 1.17 bits per heavy atom. The number of benzene rings is 1. The van der Waals surface area contributed by atoms with E-state index in [1.807, 2.05) is 30.3 Å². The van der Waals surface area contributed by atoms with Gasteiger partial charge in [0.15, 0.2) is 0 Å². The van der Waals surface area contributed by atoms with Gasteiger partial charge in [-0.25, -0.2) is 14.8 Å². The molecule has 24 heavy (non-hydrogen) atoms. The third-order valence-corrected chi connectivity index (χ3v) is 4.18. The molecule has 1 aromatic heterocycles. The number of nitrogens with zero attached hydrogens (tertiary/aromatic N) is 3. The Balaban J connectivity index is 1.42. The number of carbonyl (C=O) groups excluding carboxylic acids is 1. The average Bonchev–Trinajstić information content (AvgIpc) is 2.63. The van der Waals surface area contributed by atoms with Crippen LogP contribution in [0, 0.1) is 0 Å². The predicted octanol–water partition coefficient (Wildman–Crippen LogP) is 3.42. The lowest BCUT2D eigenvalue weighted by molar-refractivity contribution is 0.0610. The minimum Gasteiger partial charge on any atom is -0.460 e. The van der Waals surface area contributed by atoms with E-state index >= 15 is 0 Å². The van der Waals surface area contributed by atoms with Crippen LogP contribution in [-0.4, -0.2) is 40.2 Å². The fourth-order valence-electron chi connectivity index (χ4n) is 2.48. The number of halogens is 1. The highest BCUT2D eigenvalue weighted by molar-refractivity contribution is 9.10. The Kier molecular flexibility index (Phi) is 5.63. The smallest absolute Gasteiger partial charge is 0.410 e. The highest BCUT2D eigenvalue weighted by Crippen LogP contribution is 2.17. The molecule has 0 spiro atoms. The third kappa shape index (κ3) is 4.67. The summed E-state index contributed by atoms with van der Waals surface area (Å²) in [5, 5.41) is 0. The molecule has 7 heteroatoms. The SMILES string of the molecule is O=C(OCc1ccccc1)N1CCC(Oc2ncc(Br)cn2)CC1. The molecule has 0 unspecified atom stereocenters. The second-order valence-corrected chi connectivity index (χ2v) is 6.44. The molecule has 0 radical (unpaired) electrons. The lowest BCUT2D eigenvalue weighted by Gasteiger charge is -2.30. The lowest BCUT2D eigenvalue weighted by atomic mass is 10.1. The highest BCUT2D eigenvalue weighted by Gasteiger charge is 2.25. The number of ether oxygens (including phenoxy) is 2. The molecule has 0 aliphatic carbocycles. The molecule has 0 N–H and O–H groups in total. The van der Waals surface area contributed by atoms with E-state index in [0.717, 1.165) is 22.9 Å². The maximum absolute atomic E-state index is 12.1. The summed E-state index contributed by atoms with van der Waals surface area (Å²) < 4.78 is 11.9. The number of hydrogen-bond donors (Lipinski definition) is 0. The van der Waals surface area contributed by atoms with Crippen molar-refractivity contribution in [2.45, 2.75) is 25.6 Å². The molecule has 0 atom stereocenters. The standard InChI is InChI=1S/C17H18BrN3O3/c18-14-10-19-16(20-11-14)24-15-6-8-21(9-7-15)17(22)23-12-13-4-2-1-3-5-13/h1-5,10-11,15H,6-9,12H2. The summed E-state index contributed by atoms with van der Waals surface area (Å²) in [6.45, 7) is 1.51. The Hall–Kier alpha value is -2.15. The van der Waals surface area contributed by atoms with Gasteiger partial charge in [0.1, 0.15) is 12.7 Å². The molecule has 6 nitrogen and oxygen atoms in total. The molecule has 1 aliphatic heterocycles. The van der Waals surface area contributed by atoms with Crippen LogP contribution < -0.4 is 4.74 Å². The monoisotopic (exact) mass is 391 g/mol. The predicted molar refractivity (Wildman–Crippen MR) is 91.6 cm³/mol. The van der Waals surface area contributed by atoms with Crippen LogP contribution in [0.5, 0.6) is 6.01 Å². The van der Waals surface area contributed by atoms with Crippen LogP contribution in [-0.2, 0) is 11.3 Å². The van der Waals surface area contributed by atoms with Crippen LogP contribution in [0.2, 0.25) is 0 Å². The van der Waals surface area contributed by atoms with Gasteiger partial charge < -0.3 is 14.4 Å². The molecule has 126 valence electrons. The molecule has 1 aromatic carbocycles. The largest absolute Gasteiger partial charge is 0.460 e. The zero-order chi connectivity index (χ0) is 16.8. The van der Waals surface area contributed by atoms with E-state index in [2.05, 4.69) is 25.9 Å². The van der Waals surface area contributed by atoms with E-state index in [1.54, 1.807) is 17.3 Å². The van der Waals surface area contributed by atoms with Crippen molar-refractivity contribution in [1.82, 2.24) is 14.9 Å². The Morgan fingerprint density at radius 3 is 2.50 bits per heavy atom. The quantitative estimate of drug-likeness (QED) is 0.798. The molecular formula is C17H18BrN3O3. The van der Waals surface area contributed by atoms with Gasteiger partial charge in [0.2, 0.25) is 0 Å². The van der Waals surface area contributed by atoms with Gasteiger partial charge in [0.25, 0.3) is 0 Å². The molecule has 1 saturated heterocycles. The second-order valence-electron chi connectivity index (χ2n) is 5.53. The summed E-state index contributed by atoms with van der Waals surface area (Å²) in [4.78, 5) is 22.0. The third-order valence-electron chi connectivity index (χ3n) is 3.77.